The minimum absolute atomic E-state index is 0.0704. The zero-order valence-corrected chi connectivity index (χ0v) is 15.7. The number of halogens is 1. The van der Waals surface area contributed by atoms with Crippen LogP contribution >= 0.6 is 23.8 Å². The SMILES string of the molecule is CC(C)CCC(C)NC(=O)Cn1c(-c2ccc(Cl)cc2)n[nH]c1=S. The molecule has 2 aromatic rings. The number of carbonyl (C=O) groups is 1. The first-order valence-electron chi connectivity index (χ1n) is 8.07. The van der Waals surface area contributed by atoms with E-state index in [1.165, 1.54) is 0 Å². The summed E-state index contributed by atoms with van der Waals surface area (Å²) in [7, 11) is 0. The third-order valence-electron chi connectivity index (χ3n) is 3.75. The summed E-state index contributed by atoms with van der Waals surface area (Å²) in [6.07, 6.45) is 2.05. The second-order valence-electron chi connectivity index (χ2n) is 6.39. The first kappa shape index (κ1) is 18.7. The predicted octanol–water partition coefficient (Wildman–Crippen LogP) is 4.20. The van der Waals surface area contributed by atoms with E-state index in [1.807, 2.05) is 19.1 Å². The van der Waals surface area contributed by atoms with E-state index in [2.05, 4.69) is 29.4 Å². The molecule has 0 fully saturated rings. The zero-order valence-electron chi connectivity index (χ0n) is 14.2. The Morgan fingerprint density at radius 1 is 1.29 bits per heavy atom. The van der Waals surface area contributed by atoms with Crippen molar-refractivity contribution >= 4 is 29.7 Å². The van der Waals surface area contributed by atoms with E-state index in [9.17, 15) is 4.79 Å². The highest BCUT2D eigenvalue weighted by Crippen LogP contribution is 2.20. The number of H-pyrrole nitrogens is 1. The van der Waals surface area contributed by atoms with Crippen LogP contribution in [0.5, 0.6) is 0 Å². The van der Waals surface area contributed by atoms with Gasteiger partial charge in [0.2, 0.25) is 5.91 Å². The fraction of sp³-hybridized carbons (Fsp3) is 0.471. The number of carbonyl (C=O) groups excluding carboxylic acids is 1. The number of benzene rings is 1. The Labute approximate surface area is 152 Å². The summed E-state index contributed by atoms with van der Waals surface area (Å²) >= 11 is 11.2. The van der Waals surface area contributed by atoms with Gasteiger partial charge in [-0.1, -0.05) is 25.4 Å². The number of amides is 1. The molecule has 0 saturated heterocycles. The largest absolute Gasteiger partial charge is 0.352 e. The van der Waals surface area contributed by atoms with Gasteiger partial charge in [0.25, 0.3) is 0 Å². The van der Waals surface area contributed by atoms with Crippen LogP contribution in [-0.2, 0) is 11.3 Å². The molecule has 1 unspecified atom stereocenters. The van der Waals surface area contributed by atoms with Gasteiger partial charge < -0.3 is 5.32 Å². The summed E-state index contributed by atoms with van der Waals surface area (Å²) in [5, 5.41) is 10.7. The molecule has 0 bridgehead atoms. The first-order chi connectivity index (χ1) is 11.4. The van der Waals surface area contributed by atoms with Gasteiger partial charge in [0.15, 0.2) is 10.6 Å². The minimum atomic E-state index is -0.0704. The maximum absolute atomic E-state index is 12.3. The van der Waals surface area contributed by atoms with E-state index < -0.39 is 0 Å². The molecule has 5 nitrogen and oxygen atoms in total. The lowest BCUT2D eigenvalue weighted by Crippen LogP contribution is -2.35. The van der Waals surface area contributed by atoms with Gasteiger partial charge in [-0.25, -0.2) is 0 Å². The maximum atomic E-state index is 12.3. The molecule has 0 saturated carbocycles. The Kier molecular flexibility index (Phi) is 6.57. The second-order valence-corrected chi connectivity index (χ2v) is 7.21. The average Bonchev–Trinajstić information content (AvgIpc) is 2.87. The number of nitrogens with zero attached hydrogens (tertiary/aromatic N) is 2. The molecule has 0 spiro atoms. The van der Waals surface area contributed by atoms with Gasteiger partial charge in [0.05, 0.1) is 0 Å². The molecule has 1 aromatic carbocycles. The molecule has 0 aliphatic heterocycles. The Morgan fingerprint density at radius 2 is 1.96 bits per heavy atom. The zero-order chi connectivity index (χ0) is 17.7. The first-order valence-corrected chi connectivity index (χ1v) is 8.86. The fourth-order valence-electron chi connectivity index (χ4n) is 2.40. The molecule has 24 heavy (non-hydrogen) atoms. The van der Waals surface area contributed by atoms with Crippen LogP contribution in [0.3, 0.4) is 0 Å². The summed E-state index contributed by atoms with van der Waals surface area (Å²) in [6.45, 7) is 6.52. The number of hydrogen-bond acceptors (Lipinski definition) is 3. The van der Waals surface area contributed by atoms with Crippen molar-refractivity contribution in [3.05, 3.63) is 34.1 Å². The summed E-state index contributed by atoms with van der Waals surface area (Å²) in [5.74, 6) is 1.18. The standard InChI is InChI=1S/C17H23ClN4OS/c1-11(2)4-5-12(3)19-15(23)10-22-16(20-21-17(22)24)13-6-8-14(18)9-7-13/h6-9,11-12H,4-5,10H2,1-3H3,(H,19,23)(H,21,24). The van der Waals surface area contributed by atoms with Crippen LogP contribution in [0.2, 0.25) is 5.02 Å². The van der Waals surface area contributed by atoms with Gasteiger partial charge >= 0.3 is 0 Å². The topological polar surface area (TPSA) is 62.7 Å². The van der Waals surface area contributed by atoms with Crippen molar-refractivity contribution in [1.82, 2.24) is 20.1 Å². The Morgan fingerprint density at radius 3 is 2.58 bits per heavy atom. The van der Waals surface area contributed by atoms with Gasteiger partial charge in [-0.15, -0.1) is 0 Å². The van der Waals surface area contributed by atoms with Gasteiger partial charge in [0, 0.05) is 16.6 Å². The van der Waals surface area contributed by atoms with Crippen LogP contribution in [0.25, 0.3) is 11.4 Å². The summed E-state index contributed by atoms with van der Waals surface area (Å²) < 4.78 is 2.12. The third-order valence-corrected chi connectivity index (χ3v) is 4.31. The van der Waals surface area contributed by atoms with Crippen LogP contribution in [0.1, 0.15) is 33.6 Å². The summed E-state index contributed by atoms with van der Waals surface area (Å²) in [4.78, 5) is 12.3. The Hall–Kier alpha value is -1.66. The fourth-order valence-corrected chi connectivity index (χ4v) is 2.73. The summed E-state index contributed by atoms with van der Waals surface area (Å²) in [5.41, 5.74) is 0.854. The van der Waals surface area contributed by atoms with E-state index >= 15 is 0 Å². The molecule has 1 aromatic heterocycles. The molecule has 1 heterocycles. The van der Waals surface area contributed by atoms with Crippen molar-refractivity contribution in [1.29, 1.82) is 0 Å². The van der Waals surface area contributed by atoms with Gasteiger partial charge in [-0.2, -0.15) is 5.10 Å². The van der Waals surface area contributed by atoms with E-state index in [1.54, 1.807) is 16.7 Å². The van der Waals surface area contributed by atoms with Crippen LogP contribution < -0.4 is 5.32 Å². The molecule has 2 rings (SSSR count). The Bertz CT molecular complexity index is 736. The lowest BCUT2D eigenvalue weighted by atomic mass is 10.0. The van der Waals surface area contributed by atoms with Crippen molar-refractivity contribution in [3.63, 3.8) is 0 Å². The predicted molar refractivity (Wildman–Crippen MR) is 99.5 cm³/mol. The van der Waals surface area contributed by atoms with Crippen molar-refractivity contribution in [3.8, 4) is 11.4 Å². The number of aromatic nitrogens is 3. The van der Waals surface area contributed by atoms with Crippen LogP contribution in [-0.4, -0.2) is 26.7 Å². The van der Waals surface area contributed by atoms with Gasteiger partial charge in [-0.05, 0) is 62.2 Å². The number of aromatic amines is 1. The molecule has 0 radical (unpaired) electrons. The second kappa shape index (κ2) is 8.44. The molecule has 0 aliphatic carbocycles. The molecule has 7 heteroatoms. The van der Waals surface area contributed by atoms with Crippen LogP contribution in [0.15, 0.2) is 24.3 Å². The van der Waals surface area contributed by atoms with E-state index in [0.29, 0.717) is 21.5 Å². The third kappa shape index (κ3) is 5.18. The molecular formula is C17H23ClN4OS. The Balaban J connectivity index is 2.07. The van der Waals surface area contributed by atoms with Gasteiger partial charge in [0.1, 0.15) is 6.54 Å². The van der Waals surface area contributed by atoms with Crippen LogP contribution in [0, 0.1) is 10.7 Å². The molecule has 1 amide bonds. The van der Waals surface area contributed by atoms with Crippen molar-refractivity contribution in [2.24, 2.45) is 5.92 Å². The van der Waals surface area contributed by atoms with Crippen molar-refractivity contribution in [2.45, 2.75) is 46.2 Å². The summed E-state index contributed by atoms with van der Waals surface area (Å²) in [6, 6.07) is 7.42. The van der Waals surface area contributed by atoms with Gasteiger partial charge in [-0.3, -0.25) is 14.5 Å². The van der Waals surface area contributed by atoms with Crippen LogP contribution in [0.4, 0.5) is 0 Å². The lowest BCUT2D eigenvalue weighted by molar-refractivity contribution is -0.122. The van der Waals surface area contributed by atoms with E-state index in [-0.39, 0.29) is 18.5 Å². The molecule has 130 valence electrons. The molecular weight excluding hydrogens is 344 g/mol. The minimum Gasteiger partial charge on any atom is -0.352 e. The molecule has 2 N–H and O–H groups in total. The average molecular weight is 367 g/mol. The number of hydrogen-bond donors (Lipinski definition) is 2. The molecule has 1 atom stereocenters. The van der Waals surface area contributed by atoms with Crippen molar-refractivity contribution in [2.75, 3.05) is 0 Å². The van der Waals surface area contributed by atoms with E-state index in [4.69, 9.17) is 23.8 Å². The molecule has 0 aliphatic rings. The monoisotopic (exact) mass is 366 g/mol. The lowest BCUT2D eigenvalue weighted by Gasteiger charge is -2.15. The highest BCUT2D eigenvalue weighted by molar-refractivity contribution is 7.71. The number of nitrogens with one attached hydrogen (secondary N) is 2. The smallest absolute Gasteiger partial charge is 0.240 e. The van der Waals surface area contributed by atoms with Crippen molar-refractivity contribution < 1.29 is 4.79 Å². The quantitative estimate of drug-likeness (QED) is 0.722. The highest BCUT2D eigenvalue weighted by Gasteiger charge is 2.14. The van der Waals surface area contributed by atoms with E-state index in [0.717, 1.165) is 18.4 Å². The maximum Gasteiger partial charge on any atom is 0.240 e. The highest BCUT2D eigenvalue weighted by atomic mass is 35.5. The number of rotatable bonds is 7. The normalized spacial score (nSPS) is 12.4.